The molecule has 0 saturated carbocycles. The smallest absolute Gasteiger partial charge is 0.315 e. The molecule has 2 aliphatic heterocycles. The topological polar surface area (TPSA) is 233 Å². The van der Waals surface area contributed by atoms with Gasteiger partial charge in [-0.05, 0) is 50.5 Å². The average molecular weight is 840 g/mol. The molecule has 1 aromatic rings. The van der Waals surface area contributed by atoms with Gasteiger partial charge >= 0.3 is 6.03 Å². The van der Waals surface area contributed by atoms with E-state index in [0.717, 1.165) is 32.1 Å². The zero-order chi connectivity index (χ0) is 40.5. The monoisotopic (exact) mass is 839 g/mol. The van der Waals surface area contributed by atoms with Gasteiger partial charge in [0.25, 0.3) is 5.91 Å². The Morgan fingerprint density at radius 1 is 0.927 bits per heavy atom. The maximum absolute atomic E-state index is 14.6. The summed E-state index contributed by atoms with van der Waals surface area (Å²) in [5.74, 6) is -10.7. The normalized spacial score (nSPS) is 18.9. The number of unbranched alkanes of at least 4 members (excludes halogenated alkanes) is 4. The number of rotatable bonds is 24. The zero-order valence-corrected chi connectivity index (χ0v) is 32.5. The van der Waals surface area contributed by atoms with Gasteiger partial charge < -0.3 is 31.9 Å². The first kappa shape index (κ1) is 45.5. The lowest BCUT2D eigenvalue weighted by Crippen LogP contribution is -2.48. The van der Waals surface area contributed by atoms with Crippen LogP contribution in [0.1, 0.15) is 81.0 Å². The summed E-state index contributed by atoms with van der Waals surface area (Å²) >= 11 is 6.58. The fourth-order valence-electron chi connectivity index (χ4n) is 5.92. The van der Waals surface area contributed by atoms with E-state index in [4.69, 9.17) is 16.7 Å². The van der Waals surface area contributed by atoms with Crippen LogP contribution in [0.5, 0.6) is 0 Å². The number of thioether (sulfide) groups is 1. The molecule has 2 saturated heterocycles. The van der Waals surface area contributed by atoms with Gasteiger partial charge in [0.15, 0.2) is 23.3 Å². The van der Waals surface area contributed by atoms with E-state index >= 15 is 0 Å². The largest absolute Gasteiger partial charge is 0.356 e. The van der Waals surface area contributed by atoms with Gasteiger partial charge in [0.1, 0.15) is 26.1 Å². The van der Waals surface area contributed by atoms with Crippen LogP contribution < -0.4 is 31.9 Å². The van der Waals surface area contributed by atoms with Gasteiger partial charge in [-0.2, -0.15) is 11.8 Å². The van der Waals surface area contributed by atoms with Crippen molar-refractivity contribution in [3.05, 3.63) is 39.3 Å². The van der Waals surface area contributed by atoms with E-state index in [9.17, 15) is 45.7 Å². The third-order valence-electron chi connectivity index (χ3n) is 8.86. The molecule has 23 heteroatoms. The Hall–Kier alpha value is -3.92. The average Bonchev–Trinajstić information content (AvgIpc) is 3.70. The number of halogens is 4. The molecule has 306 valence electrons. The van der Waals surface area contributed by atoms with E-state index < -0.39 is 61.1 Å². The summed E-state index contributed by atoms with van der Waals surface area (Å²) in [4.78, 5) is 63.7. The molecule has 6 amide bonds. The molecule has 16 nitrogen and oxygen atoms in total. The highest BCUT2D eigenvalue weighted by Crippen LogP contribution is 2.33. The van der Waals surface area contributed by atoms with Crippen LogP contribution in [0.3, 0.4) is 0 Å². The molecule has 0 radical (unpaired) electrons. The summed E-state index contributed by atoms with van der Waals surface area (Å²) < 4.78 is 74.3. The van der Waals surface area contributed by atoms with Crippen LogP contribution in [0.15, 0.2) is 5.11 Å². The Labute approximate surface area is 324 Å². The van der Waals surface area contributed by atoms with Gasteiger partial charge in [-0.15, -0.1) is 0 Å². The van der Waals surface area contributed by atoms with Crippen LogP contribution in [-0.2, 0) is 38.5 Å². The zero-order valence-electron chi connectivity index (χ0n) is 30.1. The molecule has 55 heavy (non-hydrogen) atoms. The molecule has 6 N–H and O–H groups in total. The lowest BCUT2D eigenvalue weighted by atomic mass is 10.0. The maximum atomic E-state index is 14.6. The summed E-state index contributed by atoms with van der Waals surface area (Å²) in [5, 5.41) is 18.8. The fourth-order valence-corrected chi connectivity index (χ4v) is 8.24. The predicted octanol–water partition coefficient (Wildman–Crippen LogP) is 3.40. The van der Waals surface area contributed by atoms with Crippen LogP contribution in [0.25, 0.3) is 10.4 Å². The number of hydrogen-bond acceptors (Lipinski definition) is 10. The highest BCUT2D eigenvalue weighted by atomic mass is 32.8. The maximum Gasteiger partial charge on any atom is 0.315 e. The Morgan fingerprint density at radius 3 is 2.16 bits per heavy atom. The first-order valence-electron chi connectivity index (χ1n) is 17.7. The predicted molar refractivity (Wildman–Crippen MR) is 199 cm³/mol. The standard InChI is InChI=1S/C32H45F4N9O7S3/c1-52-55(51,53)16-15-40-30(48)18(41-31(49)23-24(33)26(35)29(44-45-37)27(36)25(23)34)9-6-8-14-39-21(46)11-3-2-7-13-38-22(47)12-5-4-10-20-28-19(17-54-20)42-32(50)43-28/h18-20,28H,2-17H2,1H3,(H,38,47)(H,39,46)(H,40,48)(H,41,49)(H2,42,43,50). The molecular weight excluding hydrogens is 795 g/mol. The minimum Gasteiger partial charge on any atom is -0.356 e. The Bertz CT molecular complexity index is 1690. The van der Waals surface area contributed by atoms with E-state index in [0.29, 0.717) is 43.9 Å². The van der Waals surface area contributed by atoms with E-state index in [1.54, 1.807) is 0 Å². The van der Waals surface area contributed by atoms with Crippen molar-refractivity contribution in [2.24, 2.45) is 5.11 Å². The number of fused-ring (bicyclic) bond motifs is 1. The Balaban J connectivity index is 1.34. The minimum atomic E-state index is -3.15. The molecule has 0 aliphatic carbocycles. The van der Waals surface area contributed by atoms with Crippen LogP contribution >= 0.6 is 11.8 Å². The van der Waals surface area contributed by atoms with Crippen molar-refractivity contribution in [3.63, 3.8) is 0 Å². The number of carbonyl (C=O) groups excluding carboxylic acids is 5. The van der Waals surface area contributed by atoms with Gasteiger partial charge in [-0.1, -0.05) is 18.0 Å². The van der Waals surface area contributed by atoms with Gasteiger partial charge in [-0.25, -0.2) is 26.6 Å². The molecule has 1 aromatic carbocycles. The summed E-state index contributed by atoms with van der Waals surface area (Å²) in [6, 6.07) is -1.27. The molecule has 2 fully saturated rings. The first-order chi connectivity index (χ1) is 26.2. The lowest BCUT2D eigenvalue weighted by molar-refractivity contribution is -0.123. The third-order valence-corrected chi connectivity index (χ3v) is 12.5. The van der Waals surface area contributed by atoms with Gasteiger partial charge in [-0.3, -0.25) is 23.4 Å². The van der Waals surface area contributed by atoms with Crippen molar-refractivity contribution in [2.75, 3.05) is 38.2 Å². The number of urea groups is 1. The highest BCUT2D eigenvalue weighted by Gasteiger charge is 2.42. The second-order valence-corrected chi connectivity index (χ2v) is 17.4. The molecule has 5 unspecified atom stereocenters. The number of hydrogen-bond donors (Lipinski definition) is 6. The second kappa shape index (κ2) is 22.6. The van der Waals surface area contributed by atoms with E-state index in [2.05, 4.69) is 40.8 Å². The molecule has 2 aliphatic rings. The number of azide groups is 1. The Morgan fingerprint density at radius 2 is 1.55 bits per heavy atom. The molecule has 0 bridgehead atoms. The summed E-state index contributed by atoms with van der Waals surface area (Å²) in [6.45, 7) is 0.420. The summed E-state index contributed by atoms with van der Waals surface area (Å²) in [7, 11) is -2.03. The van der Waals surface area contributed by atoms with Gasteiger partial charge in [0, 0.05) is 59.6 Å². The van der Waals surface area contributed by atoms with Crippen LogP contribution in [-0.4, -0.2) is 95.5 Å². The van der Waals surface area contributed by atoms with E-state index in [1.807, 2.05) is 17.1 Å². The molecule has 0 spiro atoms. The van der Waals surface area contributed by atoms with Crippen molar-refractivity contribution >= 4 is 67.1 Å². The van der Waals surface area contributed by atoms with Crippen molar-refractivity contribution < 1.29 is 49.9 Å². The number of benzene rings is 1. The molecular formula is C32H45F4N9O7S3. The minimum absolute atomic E-state index is 0.0270. The molecule has 3 rings (SSSR count). The van der Waals surface area contributed by atoms with Crippen LogP contribution in [0, 0.1) is 23.3 Å². The van der Waals surface area contributed by atoms with Crippen LogP contribution in [0.4, 0.5) is 28.0 Å². The first-order valence-corrected chi connectivity index (χ1v) is 21.3. The van der Waals surface area contributed by atoms with Crippen molar-refractivity contribution in [3.8, 4) is 0 Å². The lowest BCUT2D eigenvalue weighted by Gasteiger charge is -2.19. The quantitative estimate of drug-likeness (QED) is 0.0170. The summed E-state index contributed by atoms with van der Waals surface area (Å²) in [5.41, 5.74) is 5.13. The van der Waals surface area contributed by atoms with Crippen molar-refractivity contribution in [1.82, 2.24) is 31.9 Å². The number of carbonyl (C=O) groups is 5. The van der Waals surface area contributed by atoms with Crippen LogP contribution in [0.2, 0.25) is 0 Å². The van der Waals surface area contributed by atoms with Crippen molar-refractivity contribution in [2.45, 2.75) is 94.0 Å². The molecule has 2 heterocycles. The molecule has 0 aromatic heterocycles. The van der Waals surface area contributed by atoms with Crippen molar-refractivity contribution in [1.29, 1.82) is 0 Å². The third kappa shape index (κ3) is 14.3. The number of nitrogens with one attached hydrogen (secondary N) is 6. The van der Waals surface area contributed by atoms with E-state index in [1.165, 1.54) is 0 Å². The SMILES string of the molecule is COS(=O)(=S)CCNC(=O)C(CCCCNC(=O)CCCCCNC(=O)CCCCC1SCC2NC(=O)NC21)NC(=O)c1c(F)c(F)c(N=[N+]=[N-])c(F)c1F. The Kier molecular flexibility index (Phi) is 18.7. The number of nitrogens with zero attached hydrogens (tertiary/aromatic N) is 3. The summed E-state index contributed by atoms with van der Waals surface area (Å²) in [6.07, 6.45) is 5.60. The van der Waals surface area contributed by atoms with Gasteiger partial charge in [0.2, 0.25) is 17.7 Å². The highest BCUT2D eigenvalue weighted by molar-refractivity contribution is 8.30. The second-order valence-electron chi connectivity index (χ2n) is 12.8. The number of amides is 6. The fraction of sp³-hybridized carbons (Fsp3) is 0.656. The van der Waals surface area contributed by atoms with E-state index in [-0.39, 0.29) is 68.0 Å². The molecule has 5 atom stereocenters. The van der Waals surface area contributed by atoms with Gasteiger partial charge in [0.05, 0.1) is 24.9 Å².